The highest BCUT2D eigenvalue weighted by atomic mass is 35.5. The monoisotopic (exact) mass is 683 g/mol. The lowest BCUT2D eigenvalue weighted by atomic mass is 10.0. The van der Waals surface area contributed by atoms with Gasteiger partial charge in [-0.3, -0.25) is 19.5 Å². The number of halogens is 1. The van der Waals surface area contributed by atoms with Crippen LogP contribution in [-0.4, -0.2) is 83.9 Å². The number of carbonyl (C=O) groups is 2. The van der Waals surface area contributed by atoms with Crippen molar-refractivity contribution < 1.29 is 9.59 Å². The van der Waals surface area contributed by atoms with Gasteiger partial charge < -0.3 is 15.1 Å². The standard InChI is InChI=1S/C39H46ClN5O2S/c1-28(45(19-6-24-48-2)27-30-10-11-30)34-8-3-4-9-37(34)43-20-22-44(23-21-43)39(47)36(25-29-12-15-33(40)16-13-29)42-38(46)32-14-17-35-31(26-32)7-5-18-41-35/h3-5,7-9,12-18,26,28,30,36H,6,10-11,19-25,27H2,1-2H3,(H,42,46). The Bertz CT molecular complexity index is 1690. The van der Waals surface area contributed by atoms with Crippen LogP contribution in [0.1, 0.15) is 53.7 Å². The first-order valence-electron chi connectivity index (χ1n) is 17.2. The summed E-state index contributed by atoms with van der Waals surface area (Å²) in [6, 6.07) is 25.1. The van der Waals surface area contributed by atoms with Crippen LogP contribution in [0, 0.1) is 5.92 Å². The van der Waals surface area contributed by atoms with Gasteiger partial charge in [-0.2, -0.15) is 11.8 Å². The molecule has 0 radical (unpaired) electrons. The molecule has 1 saturated heterocycles. The van der Waals surface area contributed by atoms with Gasteiger partial charge in [-0.15, -0.1) is 0 Å². The van der Waals surface area contributed by atoms with Crippen molar-refractivity contribution >= 4 is 51.8 Å². The summed E-state index contributed by atoms with van der Waals surface area (Å²) in [5.74, 6) is 1.68. The number of hydrogen-bond donors (Lipinski definition) is 1. The van der Waals surface area contributed by atoms with E-state index in [1.807, 2.05) is 65.2 Å². The number of carbonyl (C=O) groups excluding carboxylic acids is 2. The molecule has 2 aliphatic rings. The molecule has 7 nitrogen and oxygen atoms in total. The molecule has 1 saturated carbocycles. The van der Waals surface area contributed by atoms with Gasteiger partial charge in [0.1, 0.15) is 6.04 Å². The highest BCUT2D eigenvalue weighted by Crippen LogP contribution is 2.36. The Morgan fingerprint density at radius 1 is 1.00 bits per heavy atom. The Hall–Kier alpha value is -3.59. The molecule has 1 aromatic heterocycles. The Labute approximate surface area is 294 Å². The normalized spacial score (nSPS) is 16.2. The Kier molecular flexibility index (Phi) is 11.6. The van der Waals surface area contributed by atoms with Gasteiger partial charge in [-0.05, 0) is 104 Å². The van der Waals surface area contributed by atoms with E-state index >= 15 is 0 Å². The third-order valence-electron chi connectivity index (χ3n) is 9.67. The highest BCUT2D eigenvalue weighted by Gasteiger charge is 2.32. The number of aromatic nitrogens is 1. The van der Waals surface area contributed by atoms with Crippen molar-refractivity contribution in [2.24, 2.45) is 5.92 Å². The third kappa shape index (κ3) is 8.70. The van der Waals surface area contributed by atoms with Crippen LogP contribution in [-0.2, 0) is 11.2 Å². The van der Waals surface area contributed by atoms with E-state index in [0.29, 0.717) is 36.1 Å². The number of nitrogens with zero attached hydrogens (tertiary/aromatic N) is 4. The zero-order chi connectivity index (χ0) is 33.5. The summed E-state index contributed by atoms with van der Waals surface area (Å²) in [7, 11) is 0. The maximum Gasteiger partial charge on any atom is 0.251 e. The van der Waals surface area contributed by atoms with Gasteiger partial charge in [0.15, 0.2) is 0 Å². The van der Waals surface area contributed by atoms with Crippen LogP contribution >= 0.6 is 23.4 Å². The van der Waals surface area contributed by atoms with Gasteiger partial charge in [0.2, 0.25) is 5.91 Å². The molecule has 6 rings (SSSR count). The van der Waals surface area contributed by atoms with Crippen molar-refractivity contribution in [2.75, 3.05) is 56.2 Å². The van der Waals surface area contributed by atoms with Crippen LogP contribution < -0.4 is 10.2 Å². The molecule has 4 aromatic rings. The van der Waals surface area contributed by atoms with Gasteiger partial charge >= 0.3 is 0 Å². The number of thioether (sulfide) groups is 1. The molecule has 1 N–H and O–H groups in total. The first-order chi connectivity index (χ1) is 23.4. The molecule has 9 heteroatoms. The van der Waals surface area contributed by atoms with Gasteiger partial charge in [-0.25, -0.2) is 0 Å². The number of anilines is 1. The number of benzene rings is 3. The number of rotatable bonds is 14. The summed E-state index contributed by atoms with van der Waals surface area (Å²) in [5, 5.41) is 4.59. The zero-order valence-corrected chi connectivity index (χ0v) is 29.6. The average molecular weight is 684 g/mol. The lowest BCUT2D eigenvalue weighted by Crippen LogP contribution is -2.55. The lowest BCUT2D eigenvalue weighted by Gasteiger charge is -2.40. The van der Waals surface area contributed by atoms with E-state index in [2.05, 4.69) is 57.5 Å². The zero-order valence-electron chi connectivity index (χ0n) is 28.0. The molecular formula is C39H46ClN5O2S. The highest BCUT2D eigenvalue weighted by molar-refractivity contribution is 7.98. The van der Waals surface area contributed by atoms with E-state index in [1.165, 1.54) is 42.8 Å². The maximum atomic E-state index is 14.1. The predicted octanol–water partition coefficient (Wildman–Crippen LogP) is 7.10. The van der Waals surface area contributed by atoms with Gasteiger partial charge in [0.05, 0.1) is 5.52 Å². The molecule has 2 fully saturated rings. The minimum Gasteiger partial charge on any atom is -0.368 e. The quantitative estimate of drug-likeness (QED) is 0.143. The van der Waals surface area contributed by atoms with Gasteiger partial charge in [0.25, 0.3) is 5.91 Å². The number of piperazine rings is 1. The van der Waals surface area contributed by atoms with Crippen molar-refractivity contribution in [1.29, 1.82) is 0 Å². The molecule has 2 unspecified atom stereocenters. The summed E-state index contributed by atoms with van der Waals surface area (Å²) in [6.45, 7) is 7.31. The van der Waals surface area contributed by atoms with E-state index in [-0.39, 0.29) is 11.8 Å². The summed E-state index contributed by atoms with van der Waals surface area (Å²) in [6.07, 6.45) is 8.20. The third-order valence-corrected chi connectivity index (χ3v) is 10.6. The van der Waals surface area contributed by atoms with Crippen molar-refractivity contribution in [1.82, 2.24) is 20.1 Å². The number of amides is 2. The Morgan fingerprint density at radius 3 is 2.52 bits per heavy atom. The predicted molar refractivity (Wildman–Crippen MR) is 199 cm³/mol. The molecule has 2 amide bonds. The Morgan fingerprint density at radius 2 is 1.77 bits per heavy atom. The lowest BCUT2D eigenvalue weighted by molar-refractivity contribution is -0.133. The van der Waals surface area contributed by atoms with Crippen molar-refractivity contribution in [2.45, 2.75) is 44.7 Å². The summed E-state index contributed by atoms with van der Waals surface area (Å²) < 4.78 is 0. The average Bonchev–Trinajstić information content (AvgIpc) is 3.95. The van der Waals surface area contributed by atoms with Gasteiger partial charge in [0, 0.05) is 73.0 Å². The number of pyridine rings is 1. The first kappa shape index (κ1) is 34.3. The number of nitrogens with one attached hydrogen (secondary N) is 1. The van der Waals surface area contributed by atoms with Crippen LogP contribution in [0.15, 0.2) is 85.1 Å². The molecule has 2 atom stereocenters. The second-order valence-electron chi connectivity index (χ2n) is 13.1. The Balaban J connectivity index is 1.15. The summed E-state index contributed by atoms with van der Waals surface area (Å²) >= 11 is 8.07. The molecule has 3 aromatic carbocycles. The second-order valence-corrected chi connectivity index (χ2v) is 14.5. The molecule has 1 aliphatic carbocycles. The van der Waals surface area contributed by atoms with E-state index in [9.17, 15) is 9.59 Å². The minimum absolute atomic E-state index is 0.0635. The number of fused-ring (bicyclic) bond motifs is 1. The molecule has 0 bridgehead atoms. The number of hydrogen-bond acceptors (Lipinski definition) is 6. The van der Waals surface area contributed by atoms with E-state index in [1.54, 1.807) is 12.3 Å². The fourth-order valence-electron chi connectivity index (χ4n) is 6.72. The molecule has 252 valence electrons. The molecule has 1 aliphatic heterocycles. The van der Waals surface area contributed by atoms with E-state index in [0.717, 1.165) is 42.0 Å². The van der Waals surface area contributed by atoms with Crippen molar-refractivity contribution in [3.63, 3.8) is 0 Å². The van der Waals surface area contributed by atoms with E-state index in [4.69, 9.17) is 11.6 Å². The smallest absolute Gasteiger partial charge is 0.251 e. The maximum absolute atomic E-state index is 14.1. The van der Waals surface area contributed by atoms with Crippen LogP contribution in [0.25, 0.3) is 10.9 Å². The topological polar surface area (TPSA) is 68.8 Å². The van der Waals surface area contributed by atoms with Crippen LogP contribution in [0.4, 0.5) is 5.69 Å². The van der Waals surface area contributed by atoms with Crippen LogP contribution in [0.3, 0.4) is 0 Å². The first-order valence-corrected chi connectivity index (χ1v) is 18.9. The second kappa shape index (κ2) is 16.2. The summed E-state index contributed by atoms with van der Waals surface area (Å²) in [4.78, 5) is 39.1. The van der Waals surface area contributed by atoms with Crippen LogP contribution in [0.2, 0.25) is 5.02 Å². The fraction of sp³-hybridized carbons (Fsp3) is 0.410. The molecule has 0 spiro atoms. The van der Waals surface area contributed by atoms with Crippen molar-refractivity contribution in [3.8, 4) is 0 Å². The summed E-state index contributed by atoms with van der Waals surface area (Å²) in [5.41, 5.74) is 4.89. The SMILES string of the molecule is CSCCCN(CC1CC1)C(C)c1ccccc1N1CCN(C(=O)C(Cc2ccc(Cl)cc2)NC(=O)c2ccc3ncccc3c2)CC1. The van der Waals surface area contributed by atoms with Crippen molar-refractivity contribution in [3.05, 3.63) is 107 Å². The molecule has 48 heavy (non-hydrogen) atoms. The van der Waals surface area contributed by atoms with Gasteiger partial charge in [-0.1, -0.05) is 48.0 Å². The largest absolute Gasteiger partial charge is 0.368 e. The molecular weight excluding hydrogens is 638 g/mol. The van der Waals surface area contributed by atoms with Crippen LogP contribution in [0.5, 0.6) is 0 Å². The number of para-hydroxylation sites is 1. The fourth-order valence-corrected chi connectivity index (χ4v) is 7.26. The minimum atomic E-state index is -0.709. The van der Waals surface area contributed by atoms with E-state index < -0.39 is 6.04 Å². The molecule has 2 heterocycles.